The number of nitrogen functional groups attached to an aromatic ring is 1. The molecule has 5 atom stereocenters. The van der Waals surface area contributed by atoms with Crippen LogP contribution in [0.1, 0.15) is 6.04 Å². The van der Waals surface area contributed by atoms with E-state index in [0.29, 0.717) is 11.2 Å². The van der Waals surface area contributed by atoms with E-state index in [4.69, 9.17) is 22.1 Å². The normalized spacial score (nSPS) is 40.1. The first-order chi connectivity index (χ1) is 10.5. The molecule has 22 heavy (non-hydrogen) atoms. The molecular formula is C12H13ClFN5O3. The molecule has 10 heteroatoms. The first kappa shape index (κ1) is 14.1. The lowest BCUT2D eigenvalue weighted by atomic mass is 9.95. The van der Waals surface area contributed by atoms with E-state index in [1.165, 1.54) is 17.2 Å². The fraction of sp³-hybridized carbons (Fsp3) is 0.583. The van der Waals surface area contributed by atoms with Gasteiger partial charge in [-0.2, -0.15) is 0 Å². The standard InChI is InChI=1S/C12H13ClFN5O3/c13-1-11(2-20)10(21)12(14)6(7(12)22-11)19-4-18-5-8(15)16-3-17-9(5)19/h3-4,6-7,10,20-21H,1-2H2,(H2,15,16,17)/t6?,7-,10+,11+,12+/m0/s1. The minimum atomic E-state index is -2.05. The molecule has 0 bridgehead atoms. The average Bonchev–Trinajstić information content (AvgIpc) is 2.84. The molecule has 2 aliphatic rings. The van der Waals surface area contributed by atoms with Crippen molar-refractivity contribution in [3.63, 3.8) is 0 Å². The Morgan fingerprint density at radius 1 is 1.45 bits per heavy atom. The van der Waals surface area contributed by atoms with E-state index < -0.39 is 36.1 Å². The molecular weight excluding hydrogens is 317 g/mol. The van der Waals surface area contributed by atoms with Crippen molar-refractivity contribution < 1.29 is 19.3 Å². The van der Waals surface area contributed by atoms with E-state index in [2.05, 4.69) is 15.0 Å². The molecule has 2 aromatic rings. The van der Waals surface area contributed by atoms with E-state index in [0.717, 1.165) is 0 Å². The molecule has 1 saturated carbocycles. The SMILES string of the molecule is Nc1ncnc2c1ncn2C1[C@@H]2O[C@@](CO)(CCl)[C@@H](O)[C@@]12F. The molecule has 0 radical (unpaired) electrons. The Balaban J connectivity index is 1.74. The average molecular weight is 330 g/mol. The summed E-state index contributed by atoms with van der Waals surface area (Å²) in [5.41, 5.74) is 2.88. The van der Waals surface area contributed by atoms with Gasteiger partial charge in [0.15, 0.2) is 17.1 Å². The second kappa shape index (κ2) is 4.25. The van der Waals surface area contributed by atoms with Gasteiger partial charge in [-0.05, 0) is 0 Å². The molecule has 1 saturated heterocycles. The number of hydrogen-bond donors (Lipinski definition) is 3. The van der Waals surface area contributed by atoms with E-state index in [1.54, 1.807) is 0 Å². The number of halogens is 2. The van der Waals surface area contributed by atoms with Gasteiger partial charge in [0.1, 0.15) is 35.7 Å². The van der Waals surface area contributed by atoms with Crippen LogP contribution in [0.15, 0.2) is 12.7 Å². The van der Waals surface area contributed by atoms with Crippen LogP contribution in [-0.4, -0.2) is 65.7 Å². The predicted molar refractivity (Wildman–Crippen MR) is 74.0 cm³/mol. The van der Waals surface area contributed by atoms with E-state index in [-0.39, 0.29) is 11.7 Å². The number of anilines is 1. The number of ether oxygens (including phenoxy) is 1. The zero-order chi connectivity index (χ0) is 15.7. The van der Waals surface area contributed by atoms with Crippen molar-refractivity contribution in [2.75, 3.05) is 18.2 Å². The second-order valence-corrected chi connectivity index (χ2v) is 5.92. The highest BCUT2D eigenvalue weighted by molar-refractivity contribution is 6.18. The molecule has 1 unspecified atom stereocenters. The number of rotatable bonds is 3. The maximum Gasteiger partial charge on any atom is 0.190 e. The minimum Gasteiger partial charge on any atom is -0.393 e. The highest BCUT2D eigenvalue weighted by Crippen LogP contribution is 2.64. The smallest absolute Gasteiger partial charge is 0.190 e. The fourth-order valence-electron chi connectivity index (χ4n) is 3.22. The molecule has 0 spiro atoms. The Morgan fingerprint density at radius 3 is 2.82 bits per heavy atom. The summed E-state index contributed by atoms with van der Waals surface area (Å²) in [5, 5.41) is 19.6. The van der Waals surface area contributed by atoms with E-state index >= 15 is 4.39 Å². The van der Waals surface area contributed by atoms with Crippen LogP contribution in [0.4, 0.5) is 10.2 Å². The molecule has 3 heterocycles. The quantitative estimate of drug-likeness (QED) is 0.643. The van der Waals surface area contributed by atoms with Crippen LogP contribution in [0.25, 0.3) is 11.2 Å². The zero-order valence-electron chi connectivity index (χ0n) is 11.2. The summed E-state index contributed by atoms with van der Waals surface area (Å²) in [6.07, 6.45) is 0.167. The van der Waals surface area contributed by atoms with Crippen LogP contribution < -0.4 is 5.73 Å². The summed E-state index contributed by atoms with van der Waals surface area (Å²) in [5.74, 6) is -0.0197. The summed E-state index contributed by atoms with van der Waals surface area (Å²) >= 11 is 5.73. The number of aliphatic hydroxyl groups excluding tert-OH is 2. The maximum atomic E-state index is 15.1. The Hall–Kier alpha value is -1.55. The van der Waals surface area contributed by atoms with Crippen molar-refractivity contribution >= 4 is 28.6 Å². The third-order valence-corrected chi connectivity index (χ3v) is 4.98. The molecule has 1 aliphatic carbocycles. The first-order valence-electron chi connectivity index (χ1n) is 6.64. The third-order valence-electron chi connectivity index (χ3n) is 4.53. The predicted octanol–water partition coefficient (Wildman–Crippen LogP) is -0.599. The number of alkyl halides is 2. The number of hydrogen-bond acceptors (Lipinski definition) is 7. The van der Waals surface area contributed by atoms with Crippen LogP contribution in [0.2, 0.25) is 0 Å². The number of fused-ring (bicyclic) bond motifs is 2. The van der Waals surface area contributed by atoms with Gasteiger partial charge >= 0.3 is 0 Å². The van der Waals surface area contributed by atoms with Crippen molar-refractivity contribution in [1.82, 2.24) is 19.5 Å². The van der Waals surface area contributed by atoms with Crippen LogP contribution in [-0.2, 0) is 4.74 Å². The lowest BCUT2D eigenvalue weighted by Crippen LogP contribution is -2.51. The van der Waals surface area contributed by atoms with E-state index in [9.17, 15) is 10.2 Å². The van der Waals surface area contributed by atoms with Crippen LogP contribution >= 0.6 is 11.6 Å². The summed E-state index contributed by atoms with van der Waals surface area (Å²) in [7, 11) is 0. The Labute approximate surface area is 128 Å². The molecule has 0 amide bonds. The van der Waals surface area contributed by atoms with Gasteiger partial charge in [-0.25, -0.2) is 19.3 Å². The van der Waals surface area contributed by atoms with Crippen molar-refractivity contribution in [2.45, 2.75) is 29.5 Å². The number of aromatic nitrogens is 4. The topological polar surface area (TPSA) is 119 Å². The Bertz CT molecular complexity index is 753. The van der Waals surface area contributed by atoms with Crippen molar-refractivity contribution in [3.05, 3.63) is 12.7 Å². The summed E-state index contributed by atoms with van der Waals surface area (Å²) < 4.78 is 22.1. The van der Waals surface area contributed by atoms with Crippen LogP contribution in [0.5, 0.6) is 0 Å². The molecule has 1 aliphatic heterocycles. The number of nitrogens with zero attached hydrogens (tertiary/aromatic N) is 4. The molecule has 2 fully saturated rings. The van der Waals surface area contributed by atoms with Gasteiger partial charge in [-0.15, -0.1) is 11.6 Å². The number of nitrogens with two attached hydrogens (primary N) is 1. The largest absolute Gasteiger partial charge is 0.393 e. The number of imidazole rings is 1. The zero-order valence-corrected chi connectivity index (χ0v) is 12.0. The van der Waals surface area contributed by atoms with E-state index in [1.807, 2.05) is 0 Å². The van der Waals surface area contributed by atoms with Gasteiger partial charge < -0.3 is 25.3 Å². The molecule has 4 rings (SSSR count). The van der Waals surface area contributed by atoms with Crippen LogP contribution in [0, 0.1) is 0 Å². The third kappa shape index (κ3) is 1.44. The monoisotopic (exact) mass is 329 g/mol. The maximum absolute atomic E-state index is 15.1. The highest BCUT2D eigenvalue weighted by atomic mass is 35.5. The highest BCUT2D eigenvalue weighted by Gasteiger charge is 2.82. The molecule has 4 N–H and O–H groups in total. The Kier molecular flexibility index (Phi) is 2.72. The van der Waals surface area contributed by atoms with Crippen molar-refractivity contribution in [3.8, 4) is 0 Å². The summed E-state index contributed by atoms with van der Waals surface area (Å²) in [6.45, 7) is -0.563. The molecule has 0 aromatic carbocycles. The van der Waals surface area contributed by atoms with Gasteiger partial charge in [0.05, 0.1) is 18.8 Å². The van der Waals surface area contributed by atoms with Gasteiger partial charge in [0.2, 0.25) is 0 Å². The lowest BCUT2D eigenvalue weighted by molar-refractivity contribution is -0.116. The number of aliphatic hydroxyl groups is 2. The molecule has 118 valence electrons. The van der Waals surface area contributed by atoms with Crippen molar-refractivity contribution in [2.24, 2.45) is 0 Å². The van der Waals surface area contributed by atoms with Crippen LogP contribution in [0.3, 0.4) is 0 Å². The fourth-order valence-corrected chi connectivity index (χ4v) is 3.52. The summed E-state index contributed by atoms with van der Waals surface area (Å²) in [6, 6.07) is -0.801. The second-order valence-electron chi connectivity index (χ2n) is 5.65. The van der Waals surface area contributed by atoms with Gasteiger partial charge in [-0.3, -0.25) is 0 Å². The molecule has 2 aromatic heterocycles. The van der Waals surface area contributed by atoms with Gasteiger partial charge in [0.25, 0.3) is 0 Å². The molecule has 8 nitrogen and oxygen atoms in total. The Morgan fingerprint density at radius 2 is 2.23 bits per heavy atom. The van der Waals surface area contributed by atoms with Gasteiger partial charge in [0, 0.05) is 0 Å². The minimum absolute atomic E-state index is 0.189. The van der Waals surface area contributed by atoms with Gasteiger partial charge in [-0.1, -0.05) is 0 Å². The summed E-state index contributed by atoms with van der Waals surface area (Å²) in [4.78, 5) is 11.9. The first-order valence-corrected chi connectivity index (χ1v) is 7.17. The lowest BCUT2D eigenvalue weighted by Gasteiger charge is -2.32. The van der Waals surface area contributed by atoms with Crippen molar-refractivity contribution in [1.29, 1.82) is 0 Å².